The Labute approximate surface area is 127 Å². The first-order valence-electron chi connectivity index (χ1n) is 6.69. The van der Waals surface area contributed by atoms with Gasteiger partial charge in [0.1, 0.15) is 0 Å². The molecule has 0 N–H and O–H groups in total. The summed E-state index contributed by atoms with van der Waals surface area (Å²) in [5.41, 5.74) is 1.01. The Kier molecular flexibility index (Phi) is 5.22. The summed E-state index contributed by atoms with van der Waals surface area (Å²) in [7, 11) is 0. The molecular weight excluding hydrogens is 294 g/mol. The smallest absolute Gasteiger partial charge is 0.434 e. The number of rotatable bonds is 5. The van der Waals surface area contributed by atoms with Crippen LogP contribution in [0.1, 0.15) is 25.5 Å². The standard InChI is InChI=1S/C15H16ClNO4/c1-3-4-9-19-15(18)20-14-10(2)21-17-13(14)11-7-5-6-8-12(11)16/h5-8H,3-4,9H2,1-2H3. The van der Waals surface area contributed by atoms with Crippen LogP contribution in [0.3, 0.4) is 0 Å². The van der Waals surface area contributed by atoms with Crippen LogP contribution in [0.2, 0.25) is 5.02 Å². The van der Waals surface area contributed by atoms with Gasteiger partial charge in [0.05, 0.1) is 11.6 Å². The number of ether oxygens (including phenoxy) is 2. The molecule has 0 unspecified atom stereocenters. The van der Waals surface area contributed by atoms with Crippen molar-refractivity contribution in [3.8, 4) is 17.0 Å². The van der Waals surface area contributed by atoms with E-state index in [1.54, 1.807) is 25.1 Å². The quantitative estimate of drug-likeness (QED) is 0.595. The van der Waals surface area contributed by atoms with Crippen LogP contribution in [0.4, 0.5) is 4.79 Å². The first-order chi connectivity index (χ1) is 10.1. The maximum atomic E-state index is 11.7. The Hall–Kier alpha value is -2.01. The zero-order valence-electron chi connectivity index (χ0n) is 11.9. The van der Waals surface area contributed by atoms with Crippen LogP contribution < -0.4 is 4.74 Å². The van der Waals surface area contributed by atoms with E-state index in [1.165, 1.54) is 0 Å². The predicted molar refractivity (Wildman–Crippen MR) is 78.6 cm³/mol. The molecule has 21 heavy (non-hydrogen) atoms. The molecule has 0 radical (unpaired) electrons. The van der Waals surface area contributed by atoms with Crippen molar-refractivity contribution < 1.29 is 18.8 Å². The minimum absolute atomic E-state index is 0.226. The van der Waals surface area contributed by atoms with Gasteiger partial charge in [-0.15, -0.1) is 0 Å². The van der Waals surface area contributed by atoms with E-state index < -0.39 is 6.16 Å². The van der Waals surface area contributed by atoms with Crippen molar-refractivity contribution in [3.05, 3.63) is 35.0 Å². The van der Waals surface area contributed by atoms with Gasteiger partial charge in [0, 0.05) is 12.5 Å². The third-order valence-electron chi connectivity index (χ3n) is 2.84. The summed E-state index contributed by atoms with van der Waals surface area (Å²) in [6.45, 7) is 3.98. The van der Waals surface area contributed by atoms with Gasteiger partial charge in [0.25, 0.3) is 0 Å². The fraction of sp³-hybridized carbons (Fsp3) is 0.333. The Morgan fingerprint density at radius 1 is 1.38 bits per heavy atom. The summed E-state index contributed by atoms with van der Waals surface area (Å²) in [5, 5.41) is 4.40. The van der Waals surface area contributed by atoms with E-state index in [1.807, 2.05) is 13.0 Å². The monoisotopic (exact) mass is 309 g/mol. The van der Waals surface area contributed by atoms with Crippen LogP contribution in [0.15, 0.2) is 28.8 Å². The first-order valence-corrected chi connectivity index (χ1v) is 7.07. The minimum Gasteiger partial charge on any atom is -0.434 e. The molecule has 0 amide bonds. The predicted octanol–water partition coefficient (Wildman–Crippen LogP) is 4.62. The number of carbonyl (C=O) groups excluding carboxylic acids is 1. The van der Waals surface area contributed by atoms with Gasteiger partial charge in [-0.05, 0) is 12.5 Å². The van der Waals surface area contributed by atoms with Gasteiger partial charge in [0.15, 0.2) is 11.5 Å². The van der Waals surface area contributed by atoms with E-state index in [0.29, 0.717) is 28.6 Å². The van der Waals surface area contributed by atoms with Crippen molar-refractivity contribution >= 4 is 17.8 Å². The molecule has 1 aromatic heterocycles. The maximum absolute atomic E-state index is 11.7. The number of halogens is 1. The molecule has 2 aromatic rings. The fourth-order valence-corrected chi connectivity index (χ4v) is 1.95. The van der Waals surface area contributed by atoms with E-state index in [0.717, 1.165) is 12.8 Å². The van der Waals surface area contributed by atoms with Gasteiger partial charge in [-0.1, -0.05) is 48.3 Å². The Balaban J connectivity index is 2.19. The number of benzene rings is 1. The highest BCUT2D eigenvalue weighted by Gasteiger charge is 2.21. The third-order valence-corrected chi connectivity index (χ3v) is 3.17. The molecule has 1 heterocycles. The van der Waals surface area contributed by atoms with Crippen LogP contribution in [-0.4, -0.2) is 17.9 Å². The van der Waals surface area contributed by atoms with Crippen LogP contribution in [0, 0.1) is 6.92 Å². The minimum atomic E-state index is -0.775. The zero-order valence-corrected chi connectivity index (χ0v) is 12.6. The number of nitrogens with zero attached hydrogens (tertiary/aromatic N) is 1. The summed E-state index contributed by atoms with van der Waals surface area (Å²) >= 11 is 6.13. The lowest BCUT2D eigenvalue weighted by atomic mass is 10.1. The van der Waals surface area contributed by atoms with E-state index in [-0.39, 0.29) is 5.75 Å². The molecular formula is C15H16ClNO4. The Bertz CT molecular complexity index is 624. The van der Waals surface area contributed by atoms with Crippen LogP contribution >= 0.6 is 11.6 Å². The summed E-state index contributed by atoms with van der Waals surface area (Å²) in [6.07, 6.45) is 0.947. The molecule has 0 saturated carbocycles. The average Bonchev–Trinajstić information content (AvgIpc) is 2.81. The molecule has 0 bridgehead atoms. The molecule has 0 aliphatic heterocycles. The lowest BCUT2D eigenvalue weighted by Gasteiger charge is -2.06. The van der Waals surface area contributed by atoms with Gasteiger partial charge in [0.2, 0.25) is 5.75 Å². The van der Waals surface area contributed by atoms with E-state index >= 15 is 0 Å². The van der Waals surface area contributed by atoms with E-state index in [9.17, 15) is 4.79 Å². The summed E-state index contributed by atoms with van der Waals surface area (Å²) < 4.78 is 15.3. The number of aryl methyl sites for hydroxylation is 1. The molecule has 112 valence electrons. The summed E-state index contributed by atoms with van der Waals surface area (Å²) in [4.78, 5) is 11.7. The molecule has 0 aliphatic carbocycles. The molecule has 5 nitrogen and oxygen atoms in total. The van der Waals surface area contributed by atoms with Crippen molar-refractivity contribution in [2.75, 3.05) is 6.61 Å². The van der Waals surface area contributed by atoms with Crippen molar-refractivity contribution in [2.45, 2.75) is 26.7 Å². The first kappa shape index (κ1) is 15.4. The number of aromatic nitrogens is 1. The number of hydrogen-bond donors (Lipinski definition) is 0. The maximum Gasteiger partial charge on any atom is 0.514 e. The van der Waals surface area contributed by atoms with E-state index in [4.69, 9.17) is 25.6 Å². The van der Waals surface area contributed by atoms with Crippen molar-refractivity contribution in [1.29, 1.82) is 0 Å². The molecule has 2 rings (SSSR count). The molecule has 0 atom stereocenters. The highest BCUT2D eigenvalue weighted by Crippen LogP contribution is 2.36. The molecule has 0 fully saturated rings. The molecule has 6 heteroatoms. The molecule has 0 spiro atoms. The van der Waals surface area contributed by atoms with Crippen LogP contribution in [-0.2, 0) is 4.74 Å². The zero-order chi connectivity index (χ0) is 15.2. The topological polar surface area (TPSA) is 61.6 Å². The molecule has 0 saturated heterocycles. The second-order valence-electron chi connectivity index (χ2n) is 4.45. The second kappa shape index (κ2) is 7.13. The van der Waals surface area contributed by atoms with Gasteiger partial charge in [-0.25, -0.2) is 4.79 Å². The van der Waals surface area contributed by atoms with Crippen molar-refractivity contribution in [1.82, 2.24) is 5.16 Å². The number of unbranched alkanes of at least 4 members (excludes halogenated alkanes) is 1. The summed E-state index contributed by atoms with van der Waals surface area (Å²) in [6, 6.07) is 7.12. The third kappa shape index (κ3) is 3.76. The van der Waals surface area contributed by atoms with E-state index in [2.05, 4.69) is 5.16 Å². The second-order valence-corrected chi connectivity index (χ2v) is 4.86. The highest BCUT2D eigenvalue weighted by atomic mass is 35.5. The van der Waals surface area contributed by atoms with Crippen molar-refractivity contribution in [2.24, 2.45) is 0 Å². The summed E-state index contributed by atoms with van der Waals surface area (Å²) in [5.74, 6) is 0.613. The van der Waals surface area contributed by atoms with Crippen LogP contribution in [0.5, 0.6) is 5.75 Å². The fourth-order valence-electron chi connectivity index (χ4n) is 1.72. The Morgan fingerprint density at radius 3 is 2.86 bits per heavy atom. The molecule has 0 aliphatic rings. The van der Waals surface area contributed by atoms with Gasteiger partial charge in [-0.2, -0.15) is 0 Å². The van der Waals surface area contributed by atoms with Crippen molar-refractivity contribution in [3.63, 3.8) is 0 Å². The average molecular weight is 310 g/mol. The Morgan fingerprint density at radius 2 is 2.14 bits per heavy atom. The normalized spacial score (nSPS) is 10.4. The lowest BCUT2D eigenvalue weighted by Crippen LogP contribution is -2.12. The lowest BCUT2D eigenvalue weighted by molar-refractivity contribution is 0.0973. The number of carbonyl (C=O) groups is 1. The van der Waals surface area contributed by atoms with Gasteiger partial charge < -0.3 is 14.0 Å². The number of hydrogen-bond acceptors (Lipinski definition) is 5. The SMILES string of the molecule is CCCCOC(=O)Oc1c(-c2ccccc2Cl)noc1C. The largest absolute Gasteiger partial charge is 0.514 e. The van der Waals surface area contributed by atoms with Crippen LogP contribution in [0.25, 0.3) is 11.3 Å². The molecule has 1 aromatic carbocycles. The van der Waals surface area contributed by atoms with Gasteiger partial charge in [-0.3, -0.25) is 0 Å². The van der Waals surface area contributed by atoms with Gasteiger partial charge >= 0.3 is 6.16 Å². The highest BCUT2D eigenvalue weighted by molar-refractivity contribution is 6.33.